The van der Waals surface area contributed by atoms with Crippen LogP contribution in [0.3, 0.4) is 0 Å². The van der Waals surface area contributed by atoms with Gasteiger partial charge < -0.3 is 10.2 Å². The van der Waals surface area contributed by atoms with Gasteiger partial charge in [0.2, 0.25) is 5.91 Å². The largest absolute Gasteiger partial charge is 0.435 e. The van der Waals surface area contributed by atoms with E-state index < -0.39 is 24.2 Å². The van der Waals surface area contributed by atoms with Gasteiger partial charge in [-0.2, -0.15) is 13.2 Å². The highest BCUT2D eigenvalue weighted by molar-refractivity contribution is 6.34. The number of carbonyl (C=O) groups is 1. The molecule has 4 rings (SSSR count). The Kier molecular flexibility index (Phi) is 6.85. The Bertz CT molecular complexity index is 1070. The van der Waals surface area contributed by atoms with Gasteiger partial charge in [0.05, 0.1) is 11.8 Å². The first-order chi connectivity index (χ1) is 15.6. The quantitative estimate of drug-likeness (QED) is 0.453. The summed E-state index contributed by atoms with van der Waals surface area (Å²) >= 11 is 18.3. The molecule has 176 valence electrons. The lowest BCUT2D eigenvalue weighted by molar-refractivity contribution is -0.275. The summed E-state index contributed by atoms with van der Waals surface area (Å²) in [6, 6.07) is 9.31. The SMILES string of the molecule is O=C(NC(C1=NOC(c2cc(Cl)cc(Cl)c2)(C(F)(F)F)C1)c1ccccc1Cl)C1CCCC1. The highest BCUT2D eigenvalue weighted by Gasteiger charge is 2.63. The second-order valence-electron chi connectivity index (χ2n) is 8.28. The van der Waals surface area contributed by atoms with E-state index in [9.17, 15) is 18.0 Å². The minimum absolute atomic E-state index is 0.00266. The number of hydrogen-bond acceptors (Lipinski definition) is 3. The van der Waals surface area contributed by atoms with Gasteiger partial charge in [0.25, 0.3) is 5.60 Å². The molecule has 10 heteroatoms. The number of rotatable bonds is 5. The third kappa shape index (κ3) is 4.81. The number of benzene rings is 2. The zero-order chi connectivity index (χ0) is 23.8. The molecule has 0 radical (unpaired) electrons. The molecule has 0 saturated heterocycles. The van der Waals surface area contributed by atoms with Crippen molar-refractivity contribution in [3.8, 4) is 0 Å². The average Bonchev–Trinajstić information content (AvgIpc) is 3.42. The molecule has 1 saturated carbocycles. The van der Waals surface area contributed by atoms with Crippen molar-refractivity contribution in [3.63, 3.8) is 0 Å². The third-order valence-electron chi connectivity index (χ3n) is 6.10. The van der Waals surface area contributed by atoms with Crippen molar-refractivity contribution in [2.24, 2.45) is 11.1 Å². The van der Waals surface area contributed by atoms with E-state index in [0.717, 1.165) is 37.8 Å². The van der Waals surface area contributed by atoms with Gasteiger partial charge in [-0.15, -0.1) is 0 Å². The number of halogens is 6. The minimum Gasteiger partial charge on any atom is -0.374 e. The van der Waals surface area contributed by atoms with Gasteiger partial charge in [-0.25, -0.2) is 0 Å². The zero-order valence-corrected chi connectivity index (χ0v) is 19.5. The van der Waals surface area contributed by atoms with Crippen molar-refractivity contribution >= 4 is 46.4 Å². The summed E-state index contributed by atoms with van der Waals surface area (Å²) in [6.07, 6.45) is -2.16. The van der Waals surface area contributed by atoms with Crippen LogP contribution in [-0.2, 0) is 15.2 Å². The molecule has 0 bridgehead atoms. The first-order valence-electron chi connectivity index (χ1n) is 10.4. The average molecular weight is 520 g/mol. The van der Waals surface area contributed by atoms with E-state index in [1.165, 1.54) is 6.07 Å². The zero-order valence-electron chi connectivity index (χ0n) is 17.3. The number of carbonyl (C=O) groups excluding carboxylic acids is 1. The van der Waals surface area contributed by atoms with Crippen LogP contribution in [0, 0.1) is 5.92 Å². The molecule has 1 aliphatic carbocycles. The lowest BCUT2D eigenvalue weighted by Gasteiger charge is -2.30. The summed E-state index contributed by atoms with van der Waals surface area (Å²) in [6.45, 7) is 0. The summed E-state index contributed by atoms with van der Waals surface area (Å²) in [4.78, 5) is 18.0. The summed E-state index contributed by atoms with van der Waals surface area (Å²) in [5.41, 5.74) is -2.63. The molecule has 1 heterocycles. The van der Waals surface area contributed by atoms with Crippen LogP contribution in [0.2, 0.25) is 15.1 Å². The normalized spacial score (nSPS) is 22.1. The Hall–Kier alpha value is -1.96. The number of nitrogens with zero attached hydrogens (tertiary/aromatic N) is 1. The number of amides is 1. The predicted molar refractivity (Wildman–Crippen MR) is 122 cm³/mol. The van der Waals surface area contributed by atoms with Gasteiger partial charge in [0.1, 0.15) is 0 Å². The van der Waals surface area contributed by atoms with Gasteiger partial charge in [0, 0.05) is 33.0 Å². The van der Waals surface area contributed by atoms with E-state index in [0.29, 0.717) is 10.6 Å². The first-order valence-corrected chi connectivity index (χ1v) is 11.6. The third-order valence-corrected chi connectivity index (χ3v) is 6.88. The number of hydrogen-bond donors (Lipinski definition) is 1. The van der Waals surface area contributed by atoms with Gasteiger partial charge in [0.15, 0.2) is 0 Å². The lowest BCUT2D eigenvalue weighted by atomic mass is 9.85. The number of alkyl halides is 3. The highest BCUT2D eigenvalue weighted by atomic mass is 35.5. The Morgan fingerprint density at radius 2 is 1.73 bits per heavy atom. The van der Waals surface area contributed by atoms with Crippen molar-refractivity contribution in [3.05, 3.63) is 68.7 Å². The monoisotopic (exact) mass is 518 g/mol. The molecule has 4 nitrogen and oxygen atoms in total. The molecule has 1 N–H and O–H groups in total. The van der Waals surface area contributed by atoms with E-state index in [1.54, 1.807) is 24.3 Å². The highest BCUT2D eigenvalue weighted by Crippen LogP contribution is 2.50. The standard InChI is InChI=1S/C23H20Cl3F3N2O2/c24-15-9-14(10-16(25)11-15)22(23(27,28)29)12-19(31-33-22)20(17-7-3-4-8-18(17)26)30-21(32)13-5-1-2-6-13/h3-4,7-11,13,20H,1-2,5-6,12H2,(H,30,32). The Balaban J connectivity index is 1.72. The van der Waals surface area contributed by atoms with Crippen molar-refractivity contribution in [1.29, 1.82) is 0 Å². The second kappa shape index (κ2) is 9.35. The predicted octanol–water partition coefficient (Wildman–Crippen LogP) is 7.23. The summed E-state index contributed by atoms with van der Waals surface area (Å²) in [5, 5.41) is 7.07. The molecule has 1 aliphatic heterocycles. The molecule has 1 fully saturated rings. The van der Waals surface area contributed by atoms with Crippen LogP contribution in [-0.4, -0.2) is 17.8 Å². The molecule has 1 amide bonds. The maximum atomic E-state index is 14.4. The lowest BCUT2D eigenvalue weighted by Crippen LogP contribution is -2.44. The van der Waals surface area contributed by atoms with Gasteiger partial charge >= 0.3 is 6.18 Å². The molecular weight excluding hydrogens is 500 g/mol. The number of oxime groups is 1. The van der Waals surface area contributed by atoms with Crippen molar-refractivity contribution in [2.75, 3.05) is 0 Å². The molecule has 0 aromatic heterocycles. The van der Waals surface area contributed by atoms with E-state index in [2.05, 4.69) is 10.5 Å². The van der Waals surface area contributed by atoms with E-state index >= 15 is 0 Å². The van der Waals surface area contributed by atoms with Gasteiger partial charge in [-0.3, -0.25) is 4.79 Å². The fourth-order valence-corrected chi connectivity index (χ4v) is 5.14. The van der Waals surface area contributed by atoms with Crippen LogP contribution in [0.4, 0.5) is 13.2 Å². The molecule has 0 spiro atoms. The smallest absolute Gasteiger partial charge is 0.374 e. The molecule has 2 aromatic rings. The van der Waals surface area contributed by atoms with Gasteiger partial charge in [-0.1, -0.05) is 71.0 Å². The molecule has 33 heavy (non-hydrogen) atoms. The van der Waals surface area contributed by atoms with Crippen molar-refractivity contribution in [1.82, 2.24) is 5.32 Å². The Morgan fingerprint density at radius 3 is 2.33 bits per heavy atom. The van der Waals surface area contributed by atoms with Crippen LogP contribution in [0.5, 0.6) is 0 Å². The van der Waals surface area contributed by atoms with E-state index in [1.807, 2.05) is 0 Å². The molecule has 2 aliphatic rings. The number of nitrogens with one attached hydrogen (secondary N) is 1. The van der Waals surface area contributed by atoms with Crippen LogP contribution in [0.15, 0.2) is 47.6 Å². The first kappa shape index (κ1) is 24.2. The van der Waals surface area contributed by atoms with Gasteiger partial charge in [-0.05, 0) is 42.7 Å². The summed E-state index contributed by atoms with van der Waals surface area (Å²) in [7, 11) is 0. The van der Waals surface area contributed by atoms with E-state index in [4.69, 9.17) is 39.6 Å². The summed E-state index contributed by atoms with van der Waals surface area (Å²) in [5.74, 6) is -0.438. The molecule has 2 atom stereocenters. The Morgan fingerprint density at radius 1 is 1.09 bits per heavy atom. The van der Waals surface area contributed by atoms with Crippen LogP contribution in [0.1, 0.15) is 49.3 Å². The van der Waals surface area contributed by atoms with Crippen LogP contribution in [0.25, 0.3) is 0 Å². The van der Waals surface area contributed by atoms with Crippen LogP contribution >= 0.6 is 34.8 Å². The summed E-state index contributed by atoms with van der Waals surface area (Å²) < 4.78 is 43.2. The molecular formula is C23H20Cl3F3N2O2. The maximum absolute atomic E-state index is 14.4. The topological polar surface area (TPSA) is 50.7 Å². The van der Waals surface area contributed by atoms with Crippen molar-refractivity contribution < 1.29 is 22.8 Å². The molecule has 2 unspecified atom stereocenters. The minimum atomic E-state index is -4.84. The maximum Gasteiger partial charge on any atom is 0.435 e. The Labute approximate surface area is 204 Å². The second-order valence-corrected chi connectivity index (χ2v) is 9.56. The molecule has 2 aromatic carbocycles. The fourth-order valence-electron chi connectivity index (χ4n) is 4.37. The van der Waals surface area contributed by atoms with Crippen LogP contribution < -0.4 is 5.32 Å². The van der Waals surface area contributed by atoms with Crippen molar-refractivity contribution in [2.45, 2.75) is 49.9 Å². The van der Waals surface area contributed by atoms with E-state index in [-0.39, 0.29) is 33.1 Å². The fraction of sp³-hybridized carbons (Fsp3) is 0.391.